The van der Waals surface area contributed by atoms with Gasteiger partial charge >= 0.3 is 6.03 Å². The van der Waals surface area contributed by atoms with E-state index >= 15 is 0 Å². The Bertz CT molecular complexity index is 1110. The van der Waals surface area contributed by atoms with Gasteiger partial charge in [0.2, 0.25) is 0 Å². The average Bonchev–Trinajstić information content (AvgIpc) is 2.87. The third-order valence-corrected chi connectivity index (χ3v) is 5.97. The van der Waals surface area contributed by atoms with Crippen molar-refractivity contribution in [3.63, 3.8) is 0 Å². The van der Waals surface area contributed by atoms with E-state index in [2.05, 4.69) is 15.4 Å². The molecule has 0 saturated carbocycles. The lowest BCUT2D eigenvalue weighted by Crippen LogP contribution is -2.40. The summed E-state index contributed by atoms with van der Waals surface area (Å²) in [6.45, 7) is 2.93. The second kappa shape index (κ2) is 6.60. The fraction of sp³-hybridized carbons (Fsp3) is 0.176. The number of sulfonamides is 1. The second-order valence-corrected chi connectivity index (χ2v) is 8.02. The Labute approximate surface area is 160 Å². The van der Waals surface area contributed by atoms with Crippen LogP contribution < -0.4 is 15.4 Å². The van der Waals surface area contributed by atoms with Gasteiger partial charge < -0.3 is 5.32 Å². The first-order valence-electron chi connectivity index (χ1n) is 8.05. The molecule has 3 rings (SSSR count). The lowest BCUT2D eigenvalue weighted by Gasteiger charge is -2.22. The number of rotatable bonds is 5. The van der Waals surface area contributed by atoms with E-state index in [1.807, 2.05) is 0 Å². The number of nitrogens with one attached hydrogen (secondary N) is 3. The minimum atomic E-state index is -4.28. The molecule has 2 aromatic carbocycles. The molecule has 1 unspecified atom stereocenters. The fourth-order valence-electron chi connectivity index (χ4n) is 2.98. The second-order valence-electron chi connectivity index (χ2n) is 6.40. The van der Waals surface area contributed by atoms with Crippen LogP contribution in [-0.2, 0) is 20.4 Å². The van der Waals surface area contributed by atoms with Gasteiger partial charge in [0.1, 0.15) is 5.54 Å². The molecule has 3 amide bonds. The number of imide groups is 1. The van der Waals surface area contributed by atoms with Crippen LogP contribution in [0.15, 0.2) is 47.4 Å². The van der Waals surface area contributed by atoms with Crippen LogP contribution in [0.3, 0.4) is 0 Å². The fourth-order valence-corrected chi connectivity index (χ4v) is 4.43. The molecule has 10 nitrogen and oxygen atoms in total. The van der Waals surface area contributed by atoms with E-state index in [-0.39, 0.29) is 11.3 Å². The highest BCUT2D eigenvalue weighted by Crippen LogP contribution is 2.31. The number of carbonyl (C=O) groups excluding carboxylic acids is 2. The van der Waals surface area contributed by atoms with E-state index in [1.54, 1.807) is 6.07 Å². The van der Waals surface area contributed by atoms with Gasteiger partial charge in [-0.25, -0.2) is 13.2 Å². The summed E-state index contributed by atoms with van der Waals surface area (Å²) in [6.07, 6.45) is 0. The lowest BCUT2D eigenvalue weighted by atomic mass is 9.92. The SMILES string of the molecule is Cc1cccc([N+](=O)[O-])c1S(=O)(=O)Nc1cccc(C2(C)NC(=O)NC2=O)c1. The first kappa shape index (κ1) is 19.3. The molecule has 0 aromatic heterocycles. The number of benzene rings is 2. The monoisotopic (exact) mass is 404 g/mol. The van der Waals surface area contributed by atoms with Crippen molar-refractivity contribution in [3.8, 4) is 0 Å². The minimum Gasteiger partial charge on any atom is -0.320 e. The number of nitro benzene ring substituents is 1. The third-order valence-electron chi connectivity index (χ3n) is 4.39. The predicted octanol–water partition coefficient (Wildman–Crippen LogP) is 1.76. The zero-order valence-corrected chi connectivity index (χ0v) is 15.7. The molecular weight excluding hydrogens is 388 g/mol. The Kier molecular flexibility index (Phi) is 4.55. The van der Waals surface area contributed by atoms with Crippen LogP contribution >= 0.6 is 0 Å². The number of anilines is 1. The number of hydrogen-bond donors (Lipinski definition) is 3. The molecule has 1 fully saturated rings. The molecule has 11 heteroatoms. The maximum atomic E-state index is 12.8. The standard InChI is InChI=1S/C17H16N4O6S/c1-10-5-3-8-13(21(24)25)14(10)28(26,27)20-12-7-4-6-11(9-12)17(2)15(22)18-16(23)19-17/h3-9,20H,1-2H3,(H2,18,19,22,23). The van der Waals surface area contributed by atoms with Crippen molar-refractivity contribution >= 4 is 33.3 Å². The van der Waals surface area contributed by atoms with E-state index in [9.17, 15) is 28.1 Å². The third kappa shape index (κ3) is 3.27. The van der Waals surface area contributed by atoms with Crippen LogP contribution in [0.25, 0.3) is 0 Å². The van der Waals surface area contributed by atoms with Gasteiger partial charge in [-0.3, -0.25) is 24.9 Å². The first-order valence-corrected chi connectivity index (χ1v) is 9.54. The summed E-state index contributed by atoms with van der Waals surface area (Å²) in [6, 6.07) is 9.18. The Morgan fingerprint density at radius 1 is 1.14 bits per heavy atom. The molecule has 0 radical (unpaired) electrons. The number of urea groups is 1. The molecule has 3 N–H and O–H groups in total. The molecule has 146 valence electrons. The quantitative estimate of drug-likeness (QED) is 0.393. The Hall–Kier alpha value is -3.47. The Morgan fingerprint density at radius 2 is 1.82 bits per heavy atom. The summed E-state index contributed by atoms with van der Waals surface area (Å²) in [4.78, 5) is 33.6. The normalized spacial score (nSPS) is 19.1. The van der Waals surface area contributed by atoms with Crippen LogP contribution in [0.5, 0.6) is 0 Å². The van der Waals surface area contributed by atoms with Gasteiger partial charge in [0.05, 0.1) is 4.92 Å². The molecule has 1 atom stereocenters. The van der Waals surface area contributed by atoms with Gasteiger partial charge in [-0.1, -0.05) is 24.3 Å². The maximum absolute atomic E-state index is 12.8. The molecule has 1 heterocycles. The van der Waals surface area contributed by atoms with Crippen molar-refractivity contribution in [2.45, 2.75) is 24.3 Å². The van der Waals surface area contributed by atoms with Crippen molar-refractivity contribution in [2.24, 2.45) is 0 Å². The smallest absolute Gasteiger partial charge is 0.320 e. The minimum absolute atomic E-state index is 0.0882. The highest BCUT2D eigenvalue weighted by atomic mass is 32.2. The first-order chi connectivity index (χ1) is 13.0. The average molecular weight is 404 g/mol. The van der Waals surface area contributed by atoms with Crippen LogP contribution in [0.2, 0.25) is 0 Å². The van der Waals surface area contributed by atoms with Gasteiger partial charge in [-0.05, 0) is 37.1 Å². The summed E-state index contributed by atoms with van der Waals surface area (Å²) < 4.78 is 27.9. The van der Waals surface area contributed by atoms with E-state index in [0.717, 1.165) is 6.07 Å². The predicted molar refractivity (Wildman–Crippen MR) is 99.1 cm³/mol. The van der Waals surface area contributed by atoms with Crippen molar-refractivity contribution in [1.82, 2.24) is 10.6 Å². The van der Waals surface area contributed by atoms with Gasteiger partial charge in [0.25, 0.3) is 21.6 Å². The zero-order chi connectivity index (χ0) is 20.7. The zero-order valence-electron chi connectivity index (χ0n) is 14.8. The van der Waals surface area contributed by atoms with Crippen LogP contribution in [0.1, 0.15) is 18.1 Å². The maximum Gasteiger partial charge on any atom is 0.322 e. The van der Waals surface area contributed by atoms with Crippen LogP contribution in [0, 0.1) is 17.0 Å². The highest BCUT2D eigenvalue weighted by molar-refractivity contribution is 7.93. The highest BCUT2D eigenvalue weighted by Gasteiger charge is 2.43. The van der Waals surface area contributed by atoms with Gasteiger partial charge in [0.15, 0.2) is 4.90 Å². The molecule has 0 bridgehead atoms. The van der Waals surface area contributed by atoms with E-state index in [4.69, 9.17) is 0 Å². The molecule has 1 aliphatic heterocycles. The summed E-state index contributed by atoms with van der Waals surface area (Å²) in [7, 11) is -4.28. The van der Waals surface area contributed by atoms with E-state index in [1.165, 1.54) is 44.2 Å². The molecule has 1 aliphatic rings. The van der Waals surface area contributed by atoms with Gasteiger partial charge in [-0.15, -0.1) is 0 Å². The molecule has 0 spiro atoms. The summed E-state index contributed by atoms with van der Waals surface area (Å²) in [5.41, 5.74) is -1.27. The number of amides is 3. The molecule has 28 heavy (non-hydrogen) atoms. The van der Waals surface area contributed by atoms with Crippen molar-refractivity contribution in [3.05, 3.63) is 63.7 Å². The number of aryl methyl sites for hydroxylation is 1. The summed E-state index contributed by atoms with van der Waals surface area (Å²) in [5, 5.41) is 15.8. The number of nitro groups is 1. The molecular formula is C17H16N4O6S. The summed E-state index contributed by atoms with van der Waals surface area (Å²) in [5.74, 6) is -0.577. The van der Waals surface area contributed by atoms with Gasteiger partial charge in [0, 0.05) is 11.8 Å². The number of carbonyl (C=O) groups is 2. The van der Waals surface area contributed by atoms with E-state index in [0.29, 0.717) is 5.56 Å². The Morgan fingerprint density at radius 3 is 2.43 bits per heavy atom. The molecule has 2 aromatic rings. The van der Waals surface area contributed by atoms with Crippen molar-refractivity contribution in [1.29, 1.82) is 0 Å². The largest absolute Gasteiger partial charge is 0.322 e. The Balaban J connectivity index is 2.01. The summed E-state index contributed by atoms with van der Waals surface area (Å²) >= 11 is 0. The van der Waals surface area contributed by atoms with Crippen molar-refractivity contribution < 1.29 is 22.9 Å². The van der Waals surface area contributed by atoms with Crippen molar-refractivity contribution in [2.75, 3.05) is 4.72 Å². The van der Waals surface area contributed by atoms with Crippen LogP contribution in [-0.4, -0.2) is 25.3 Å². The molecule has 0 aliphatic carbocycles. The lowest BCUT2D eigenvalue weighted by molar-refractivity contribution is -0.387. The number of nitrogens with zero attached hydrogens (tertiary/aromatic N) is 1. The molecule has 1 saturated heterocycles. The number of hydrogen-bond acceptors (Lipinski definition) is 6. The van der Waals surface area contributed by atoms with Crippen LogP contribution in [0.4, 0.5) is 16.2 Å². The van der Waals surface area contributed by atoms with E-state index < -0.39 is 43.0 Å². The van der Waals surface area contributed by atoms with Gasteiger partial charge in [-0.2, -0.15) is 0 Å². The topological polar surface area (TPSA) is 148 Å².